The number of thiocarbonyl (C=S) groups is 1. The van der Waals surface area contributed by atoms with Crippen molar-refractivity contribution in [3.05, 3.63) is 54.1 Å². The number of hydrogen-bond donors (Lipinski definition) is 2. The van der Waals surface area contributed by atoms with Gasteiger partial charge < -0.3 is 14.8 Å². The molecule has 2 rings (SSSR count). The molecule has 0 aromatic heterocycles. The first-order chi connectivity index (χ1) is 12.5. The maximum atomic E-state index is 12.3. The minimum atomic E-state index is -0.280. The number of hydrogen-bond acceptors (Lipinski definition) is 4. The molecule has 0 bridgehead atoms. The van der Waals surface area contributed by atoms with Crippen LogP contribution < -0.4 is 20.1 Å². The average Bonchev–Trinajstić information content (AvgIpc) is 2.61. The van der Waals surface area contributed by atoms with Gasteiger partial charge in [0, 0.05) is 17.3 Å². The molecule has 138 valence electrons. The van der Waals surface area contributed by atoms with E-state index in [1.807, 2.05) is 31.2 Å². The number of rotatable bonds is 7. The second-order valence-corrected chi connectivity index (χ2v) is 6.51. The Morgan fingerprint density at radius 3 is 2.46 bits per heavy atom. The quantitative estimate of drug-likeness (QED) is 0.712. The van der Waals surface area contributed by atoms with E-state index >= 15 is 0 Å². The van der Waals surface area contributed by atoms with Gasteiger partial charge in [-0.3, -0.25) is 10.1 Å². The minimum absolute atomic E-state index is 0.227. The van der Waals surface area contributed by atoms with Gasteiger partial charge in [0.2, 0.25) is 0 Å². The summed E-state index contributed by atoms with van der Waals surface area (Å²) in [6, 6.07) is 14.4. The molecule has 0 atom stereocenters. The Bertz CT molecular complexity index is 745. The summed E-state index contributed by atoms with van der Waals surface area (Å²) < 4.78 is 11.1. The second kappa shape index (κ2) is 9.77. The van der Waals surface area contributed by atoms with Crippen molar-refractivity contribution in [2.75, 3.05) is 18.5 Å². The Balaban J connectivity index is 1.91. The Hall–Kier alpha value is -2.60. The van der Waals surface area contributed by atoms with Gasteiger partial charge >= 0.3 is 0 Å². The van der Waals surface area contributed by atoms with Gasteiger partial charge in [-0.25, -0.2) is 0 Å². The molecule has 2 N–H and O–H groups in total. The molecule has 0 radical (unpaired) electrons. The van der Waals surface area contributed by atoms with Crippen LogP contribution in [0.4, 0.5) is 5.69 Å². The summed E-state index contributed by atoms with van der Waals surface area (Å²) in [4.78, 5) is 12.3. The molecule has 0 saturated carbocycles. The van der Waals surface area contributed by atoms with Gasteiger partial charge in [-0.15, -0.1) is 0 Å². The predicted octanol–water partition coefficient (Wildman–Crippen LogP) is 4.25. The highest BCUT2D eigenvalue weighted by Crippen LogP contribution is 2.18. The molecule has 0 aliphatic heterocycles. The molecule has 5 nitrogen and oxygen atoms in total. The SMILES string of the molecule is CCOc1ccc(C(=O)NC(=S)Nc2cccc(OCC(C)C)c2)cc1. The highest BCUT2D eigenvalue weighted by Gasteiger charge is 2.09. The zero-order valence-electron chi connectivity index (χ0n) is 15.2. The molecule has 26 heavy (non-hydrogen) atoms. The normalized spacial score (nSPS) is 10.3. The van der Waals surface area contributed by atoms with Crippen LogP contribution >= 0.6 is 12.2 Å². The molecule has 2 aromatic rings. The first-order valence-electron chi connectivity index (χ1n) is 8.56. The van der Waals surface area contributed by atoms with Crippen molar-refractivity contribution < 1.29 is 14.3 Å². The van der Waals surface area contributed by atoms with E-state index in [2.05, 4.69) is 24.5 Å². The summed E-state index contributed by atoms with van der Waals surface area (Å²) in [5.74, 6) is 1.64. The van der Waals surface area contributed by atoms with Crippen molar-refractivity contribution in [3.63, 3.8) is 0 Å². The van der Waals surface area contributed by atoms with Crippen LogP contribution in [0.15, 0.2) is 48.5 Å². The fourth-order valence-electron chi connectivity index (χ4n) is 2.13. The maximum Gasteiger partial charge on any atom is 0.257 e. The molecule has 0 fully saturated rings. The highest BCUT2D eigenvalue weighted by molar-refractivity contribution is 7.80. The predicted molar refractivity (Wildman–Crippen MR) is 108 cm³/mol. The van der Waals surface area contributed by atoms with E-state index in [-0.39, 0.29) is 11.0 Å². The van der Waals surface area contributed by atoms with Crippen LogP contribution in [0.1, 0.15) is 31.1 Å². The number of anilines is 1. The van der Waals surface area contributed by atoms with E-state index in [0.717, 1.165) is 17.2 Å². The van der Waals surface area contributed by atoms with Crippen LogP contribution in [0.5, 0.6) is 11.5 Å². The van der Waals surface area contributed by atoms with E-state index in [1.165, 1.54) is 0 Å². The van der Waals surface area contributed by atoms with Crippen LogP contribution in [0.2, 0.25) is 0 Å². The van der Waals surface area contributed by atoms with Crippen LogP contribution in [0.25, 0.3) is 0 Å². The number of nitrogens with one attached hydrogen (secondary N) is 2. The standard InChI is InChI=1S/C20H24N2O3S/c1-4-24-17-10-8-15(9-11-17)19(23)22-20(26)21-16-6-5-7-18(12-16)25-13-14(2)3/h5-12,14H,4,13H2,1-3H3,(H2,21,22,23,26). The third kappa shape index (κ3) is 6.37. The molecule has 0 saturated heterocycles. The Morgan fingerprint density at radius 1 is 1.08 bits per heavy atom. The summed E-state index contributed by atoms with van der Waals surface area (Å²) in [5.41, 5.74) is 1.26. The Kier molecular flexibility index (Phi) is 7.41. The number of amides is 1. The van der Waals surface area contributed by atoms with Gasteiger partial charge in [-0.2, -0.15) is 0 Å². The van der Waals surface area contributed by atoms with E-state index in [0.29, 0.717) is 24.7 Å². The molecule has 2 aromatic carbocycles. The topological polar surface area (TPSA) is 59.6 Å². The minimum Gasteiger partial charge on any atom is -0.494 e. The lowest BCUT2D eigenvalue weighted by Gasteiger charge is -2.12. The van der Waals surface area contributed by atoms with Gasteiger partial charge in [0.1, 0.15) is 11.5 Å². The lowest BCUT2D eigenvalue weighted by atomic mass is 10.2. The number of carbonyl (C=O) groups excluding carboxylic acids is 1. The molecule has 6 heteroatoms. The summed E-state index contributed by atoms with van der Waals surface area (Å²) in [5, 5.41) is 5.89. The fraction of sp³-hybridized carbons (Fsp3) is 0.300. The van der Waals surface area contributed by atoms with Crippen molar-refractivity contribution in [1.29, 1.82) is 0 Å². The van der Waals surface area contributed by atoms with Crippen LogP contribution in [0.3, 0.4) is 0 Å². The van der Waals surface area contributed by atoms with Gasteiger partial charge in [0.25, 0.3) is 5.91 Å². The molecule has 0 heterocycles. The molecule has 0 aliphatic rings. The van der Waals surface area contributed by atoms with Crippen LogP contribution in [0, 0.1) is 5.92 Å². The van der Waals surface area contributed by atoms with Crippen molar-refractivity contribution in [3.8, 4) is 11.5 Å². The van der Waals surface area contributed by atoms with Crippen molar-refractivity contribution in [2.45, 2.75) is 20.8 Å². The van der Waals surface area contributed by atoms with Gasteiger partial charge in [-0.05, 0) is 61.5 Å². The van der Waals surface area contributed by atoms with E-state index in [1.54, 1.807) is 24.3 Å². The molecule has 0 spiro atoms. The lowest BCUT2D eigenvalue weighted by molar-refractivity contribution is 0.0977. The van der Waals surface area contributed by atoms with Gasteiger partial charge in [0.05, 0.1) is 13.2 Å². The van der Waals surface area contributed by atoms with Gasteiger partial charge in [0.15, 0.2) is 5.11 Å². The number of carbonyl (C=O) groups is 1. The molecular formula is C20H24N2O3S. The largest absolute Gasteiger partial charge is 0.494 e. The second-order valence-electron chi connectivity index (χ2n) is 6.10. The van der Waals surface area contributed by atoms with Crippen molar-refractivity contribution in [2.24, 2.45) is 5.92 Å². The zero-order valence-corrected chi connectivity index (χ0v) is 16.1. The first kappa shape index (κ1) is 19.7. The molecule has 0 unspecified atom stereocenters. The molecule has 0 aliphatic carbocycles. The third-order valence-electron chi connectivity index (χ3n) is 3.33. The number of ether oxygens (including phenoxy) is 2. The van der Waals surface area contributed by atoms with Gasteiger partial charge in [-0.1, -0.05) is 19.9 Å². The van der Waals surface area contributed by atoms with Crippen LogP contribution in [-0.2, 0) is 0 Å². The highest BCUT2D eigenvalue weighted by atomic mass is 32.1. The van der Waals surface area contributed by atoms with Crippen molar-refractivity contribution in [1.82, 2.24) is 5.32 Å². The van der Waals surface area contributed by atoms with Crippen LogP contribution in [-0.4, -0.2) is 24.2 Å². The van der Waals surface area contributed by atoms with Crippen molar-refractivity contribution >= 4 is 28.9 Å². The fourth-order valence-corrected chi connectivity index (χ4v) is 2.34. The Morgan fingerprint density at radius 2 is 1.81 bits per heavy atom. The summed E-state index contributed by atoms with van der Waals surface area (Å²) >= 11 is 5.22. The molecule has 1 amide bonds. The summed E-state index contributed by atoms with van der Waals surface area (Å²) in [6.07, 6.45) is 0. The Labute approximate surface area is 159 Å². The average molecular weight is 372 g/mol. The summed E-state index contributed by atoms with van der Waals surface area (Å²) in [7, 11) is 0. The number of benzene rings is 2. The zero-order chi connectivity index (χ0) is 18.9. The monoisotopic (exact) mass is 372 g/mol. The van der Waals surface area contributed by atoms with E-state index < -0.39 is 0 Å². The lowest BCUT2D eigenvalue weighted by Crippen LogP contribution is -2.34. The van der Waals surface area contributed by atoms with E-state index in [4.69, 9.17) is 21.7 Å². The maximum absolute atomic E-state index is 12.3. The first-order valence-corrected chi connectivity index (χ1v) is 8.96. The summed E-state index contributed by atoms with van der Waals surface area (Å²) in [6.45, 7) is 7.32. The molecular weight excluding hydrogens is 348 g/mol. The third-order valence-corrected chi connectivity index (χ3v) is 3.53. The smallest absolute Gasteiger partial charge is 0.257 e. The van der Waals surface area contributed by atoms with E-state index in [9.17, 15) is 4.79 Å².